The minimum atomic E-state index is -1.37. The lowest BCUT2D eigenvalue weighted by molar-refractivity contribution is -0.157. The Kier molecular flexibility index (Phi) is 6.01. The van der Waals surface area contributed by atoms with E-state index in [1.807, 2.05) is 60.7 Å². The fourth-order valence-corrected chi connectivity index (χ4v) is 4.32. The molecule has 0 bridgehead atoms. The number of esters is 1. The minimum Gasteiger partial charge on any atom is -0.482 e. The zero-order chi connectivity index (χ0) is 24.4. The maximum Gasteiger partial charge on any atom is 0.334 e. The summed E-state index contributed by atoms with van der Waals surface area (Å²) in [6.45, 7) is 0. The van der Waals surface area contributed by atoms with Gasteiger partial charge in [-0.2, -0.15) is 0 Å². The maximum absolute atomic E-state index is 13.8. The number of rotatable bonds is 6. The molecule has 176 valence electrons. The Morgan fingerprint density at radius 3 is 1.89 bits per heavy atom. The van der Waals surface area contributed by atoms with Crippen LogP contribution in [0.25, 0.3) is 0 Å². The number of nitrogens with zero attached hydrogens (tertiary/aromatic N) is 2. The summed E-state index contributed by atoms with van der Waals surface area (Å²) in [6.07, 6.45) is -1.61. The van der Waals surface area contributed by atoms with Gasteiger partial charge in [0, 0.05) is 0 Å². The van der Waals surface area contributed by atoms with Crippen LogP contribution in [0.5, 0.6) is 0 Å². The Morgan fingerprint density at radius 1 is 0.886 bits per heavy atom. The van der Waals surface area contributed by atoms with Crippen molar-refractivity contribution in [2.24, 2.45) is 5.16 Å². The molecule has 0 saturated carbocycles. The van der Waals surface area contributed by atoms with Crippen LogP contribution in [0.3, 0.4) is 0 Å². The third-order valence-corrected chi connectivity index (χ3v) is 6.04. The van der Waals surface area contributed by atoms with Gasteiger partial charge in [0.25, 0.3) is 11.8 Å². The van der Waals surface area contributed by atoms with E-state index in [4.69, 9.17) is 14.3 Å². The summed E-state index contributed by atoms with van der Waals surface area (Å²) < 4.78 is 11.2. The highest BCUT2D eigenvalue weighted by Gasteiger charge is 2.50. The summed E-state index contributed by atoms with van der Waals surface area (Å²) in [7, 11) is 1.43. The number of imide groups is 1. The molecule has 8 nitrogen and oxygen atoms in total. The van der Waals surface area contributed by atoms with E-state index in [0.29, 0.717) is 0 Å². The first-order valence-electron chi connectivity index (χ1n) is 11.1. The van der Waals surface area contributed by atoms with Crippen LogP contribution in [0.1, 0.15) is 44.4 Å². The van der Waals surface area contributed by atoms with E-state index in [2.05, 4.69) is 5.16 Å². The van der Waals surface area contributed by atoms with E-state index >= 15 is 0 Å². The first-order chi connectivity index (χ1) is 17.1. The zero-order valence-electron chi connectivity index (χ0n) is 18.9. The molecule has 2 aliphatic heterocycles. The van der Waals surface area contributed by atoms with E-state index in [0.717, 1.165) is 16.0 Å². The minimum absolute atomic E-state index is 0.102. The van der Waals surface area contributed by atoms with Crippen molar-refractivity contribution in [3.8, 4) is 0 Å². The molecular formula is C27H22N2O6. The summed E-state index contributed by atoms with van der Waals surface area (Å²) in [5.41, 5.74) is 1.94. The van der Waals surface area contributed by atoms with E-state index in [9.17, 15) is 14.4 Å². The highest BCUT2D eigenvalue weighted by Crippen LogP contribution is 2.32. The standard InChI is InChI=1S/C27H22N2O6/c1-33-22-16-21(35-28-22)23(29-25(30)19-14-8-9-15-20(19)26(29)31)27(32)34-24(17-10-4-2-5-11-17)18-12-6-3-7-13-18/h2-15,21,23-24H,16H2,1H3. The maximum atomic E-state index is 13.8. The lowest BCUT2D eigenvalue weighted by atomic mass is 10.0. The predicted octanol–water partition coefficient (Wildman–Crippen LogP) is 3.73. The molecule has 0 N–H and O–H groups in total. The van der Waals surface area contributed by atoms with Crippen LogP contribution in [0.15, 0.2) is 90.1 Å². The molecule has 0 radical (unpaired) electrons. The molecular weight excluding hydrogens is 448 g/mol. The van der Waals surface area contributed by atoms with Crippen molar-refractivity contribution in [1.29, 1.82) is 0 Å². The molecule has 8 heteroatoms. The second-order valence-corrected chi connectivity index (χ2v) is 8.15. The SMILES string of the molecule is COC1=NOC(C(C(=O)OC(c2ccccc2)c2ccccc2)N2C(=O)c3ccccc3C2=O)C1. The first-order valence-corrected chi connectivity index (χ1v) is 11.1. The molecule has 2 amide bonds. The van der Waals surface area contributed by atoms with Crippen LogP contribution in [0.2, 0.25) is 0 Å². The van der Waals surface area contributed by atoms with Gasteiger partial charge in [-0.15, -0.1) is 0 Å². The molecule has 2 heterocycles. The largest absolute Gasteiger partial charge is 0.482 e. The highest BCUT2D eigenvalue weighted by molar-refractivity contribution is 6.22. The molecule has 2 aliphatic rings. The Balaban J connectivity index is 1.51. The lowest BCUT2D eigenvalue weighted by Gasteiger charge is -2.29. The van der Waals surface area contributed by atoms with Crippen LogP contribution in [0, 0.1) is 0 Å². The number of carbonyl (C=O) groups is 3. The Bertz CT molecular complexity index is 1220. The average molecular weight is 470 g/mol. The molecule has 2 unspecified atom stereocenters. The summed E-state index contributed by atoms with van der Waals surface area (Å²) in [4.78, 5) is 46.7. The van der Waals surface area contributed by atoms with Gasteiger partial charge in [0.15, 0.2) is 18.2 Å². The average Bonchev–Trinajstić information content (AvgIpc) is 3.48. The molecule has 3 aromatic carbocycles. The first kappa shape index (κ1) is 22.3. The predicted molar refractivity (Wildman–Crippen MR) is 125 cm³/mol. The van der Waals surface area contributed by atoms with E-state index in [-0.39, 0.29) is 23.4 Å². The van der Waals surface area contributed by atoms with Crippen LogP contribution < -0.4 is 0 Å². The van der Waals surface area contributed by atoms with Gasteiger partial charge in [-0.1, -0.05) is 78.0 Å². The van der Waals surface area contributed by atoms with Gasteiger partial charge in [-0.05, 0) is 23.3 Å². The van der Waals surface area contributed by atoms with Gasteiger partial charge >= 0.3 is 5.97 Å². The van der Waals surface area contributed by atoms with Crippen molar-refractivity contribution in [2.75, 3.05) is 7.11 Å². The van der Waals surface area contributed by atoms with Gasteiger partial charge < -0.3 is 14.3 Å². The third-order valence-electron chi connectivity index (χ3n) is 6.04. The Hall–Kier alpha value is -4.46. The summed E-state index contributed by atoms with van der Waals surface area (Å²) in [5.74, 6) is -1.70. The molecule has 3 aromatic rings. The van der Waals surface area contributed by atoms with Crippen LogP contribution in [0.4, 0.5) is 0 Å². The molecule has 0 aromatic heterocycles. The smallest absolute Gasteiger partial charge is 0.334 e. The summed E-state index contributed by atoms with van der Waals surface area (Å²) in [5, 5.41) is 3.84. The van der Waals surface area contributed by atoms with Gasteiger partial charge in [0.1, 0.15) is 0 Å². The van der Waals surface area contributed by atoms with Crippen molar-refractivity contribution >= 4 is 23.7 Å². The number of fused-ring (bicyclic) bond motifs is 1. The van der Waals surface area contributed by atoms with Gasteiger partial charge in [0.05, 0.1) is 24.7 Å². The highest BCUT2D eigenvalue weighted by atomic mass is 16.7. The van der Waals surface area contributed by atoms with E-state index < -0.39 is 36.0 Å². The summed E-state index contributed by atoms with van der Waals surface area (Å²) >= 11 is 0. The molecule has 2 atom stereocenters. The number of benzene rings is 3. The quantitative estimate of drug-likeness (QED) is 0.403. The Morgan fingerprint density at radius 2 is 1.40 bits per heavy atom. The van der Waals surface area contributed by atoms with E-state index in [1.54, 1.807) is 24.3 Å². The second kappa shape index (κ2) is 9.42. The lowest BCUT2D eigenvalue weighted by Crippen LogP contribution is -2.52. The topological polar surface area (TPSA) is 94.5 Å². The van der Waals surface area contributed by atoms with Crippen molar-refractivity contribution in [3.63, 3.8) is 0 Å². The number of hydrogen-bond donors (Lipinski definition) is 0. The summed E-state index contributed by atoms with van der Waals surface area (Å²) in [6, 6.07) is 23.6. The van der Waals surface area contributed by atoms with Crippen molar-refractivity contribution in [3.05, 3.63) is 107 Å². The van der Waals surface area contributed by atoms with Crippen molar-refractivity contribution in [2.45, 2.75) is 24.7 Å². The number of ether oxygens (including phenoxy) is 2. The molecule has 0 saturated heterocycles. The second-order valence-electron chi connectivity index (χ2n) is 8.15. The van der Waals surface area contributed by atoms with E-state index in [1.165, 1.54) is 7.11 Å². The van der Waals surface area contributed by atoms with Crippen LogP contribution in [-0.4, -0.2) is 47.8 Å². The van der Waals surface area contributed by atoms with Crippen LogP contribution in [-0.2, 0) is 19.1 Å². The number of hydrogen-bond acceptors (Lipinski definition) is 7. The monoisotopic (exact) mass is 470 g/mol. The molecule has 5 rings (SSSR count). The zero-order valence-corrected chi connectivity index (χ0v) is 18.9. The molecule has 0 fully saturated rings. The van der Waals surface area contributed by atoms with Gasteiger partial charge in [-0.3, -0.25) is 14.5 Å². The number of oxime groups is 1. The fourth-order valence-electron chi connectivity index (χ4n) is 4.32. The van der Waals surface area contributed by atoms with Crippen molar-refractivity contribution < 1.29 is 28.7 Å². The number of amides is 2. The third kappa shape index (κ3) is 4.14. The molecule has 0 spiro atoms. The van der Waals surface area contributed by atoms with Crippen molar-refractivity contribution in [1.82, 2.24) is 4.90 Å². The Labute approximate surface area is 201 Å². The fraction of sp³-hybridized carbons (Fsp3) is 0.185. The van der Waals surface area contributed by atoms with Crippen LogP contribution >= 0.6 is 0 Å². The molecule has 0 aliphatic carbocycles. The normalized spacial score (nSPS) is 17.6. The molecule has 35 heavy (non-hydrogen) atoms. The number of methoxy groups -OCH3 is 1. The number of carbonyl (C=O) groups excluding carboxylic acids is 3. The van der Waals surface area contributed by atoms with Gasteiger partial charge in [-0.25, -0.2) is 4.79 Å². The van der Waals surface area contributed by atoms with Gasteiger partial charge in [0.2, 0.25) is 5.90 Å².